The number of aromatic nitrogens is 4. The minimum Gasteiger partial charge on any atom is -0.295 e. The maximum atomic E-state index is 12.9. The lowest BCUT2D eigenvalue weighted by atomic mass is 10.0. The van der Waals surface area contributed by atoms with E-state index in [1.165, 1.54) is 11.3 Å². The van der Waals surface area contributed by atoms with Crippen molar-refractivity contribution in [2.75, 3.05) is 5.32 Å². The summed E-state index contributed by atoms with van der Waals surface area (Å²) in [5, 5.41) is 8.02. The third-order valence-corrected chi connectivity index (χ3v) is 5.98. The van der Waals surface area contributed by atoms with Crippen molar-refractivity contribution in [3.63, 3.8) is 0 Å². The lowest BCUT2D eigenvalue weighted by Crippen LogP contribution is -2.14. The molecule has 2 aromatic carbocycles. The van der Waals surface area contributed by atoms with Gasteiger partial charge in [-0.25, -0.2) is 14.6 Å². The van der Waals surface area contributed by atoms with Gasteiger partial charge in [0.2, 0.25) is 5.82 Å². The molecule has 0 saturated heterocycles. The summed E-state index contributed by atoms with van der Waals surface area (Å²) >= 11 is 1.56. The average Bonchev–Trinajstić information content (AvgIpc) is 3.39. The normalized spacial score (nSPS) is 13.1. The number of fused-ring (bicyclic) bond motifs is 1. The Morgan fingerprint density at radius 2 is 1.66 bits per heavy atom. The van der Waals surface area contributed by atoms with Gasteiger partial charge >= 0.3 is 0 Å². The van der Waals surface area contributed by atoms with Crippen molar-refractivity contribution >= 4 is 22.4 Å². The minimum absolute atomic E-state index is 0.126. The summed E-state index contributed by atoms with van der Waals surface area (Å²) in [7, 11) is 0. The van der Waals surface area contributed by atoms with Crippen molar-refractivity contribution in [1.82, 2.24) is 19.7 Å². The molecular weight excluding hydrogens is 382 g/mol. The molecule has 144 valence electrons. The molecular formula is C22H19N5OS. The SMILES string of the molecule is O=C(Nc1nc2c(s1)CCCC2)c1nc(-c2ccccc2)n(-c2ccccc2)n1. The molecule has 1 amide bonds. The van der Waals surface area contributed by atoms with Crippen LogP contribution in [0.1, 0.15) is 34.0 Å². The van der Waals surface area contributed by atoms with Gasteiger partial charge in [0.25, 0.3) is 5.91 Å². The third-order valence-electron chi connectivity index (χ3n) is 4.91. The predicted molar refractivity (Wildman–Crippen MR) is 114 cm³/mol. The molecule has 7 heteroatoms. The minimum atomic E-state index is -0.344. The molecule has 0 atom stereocenters. The fourth-order valence-corrected chi connectivity index (χ4v) is 4.53. The maximum Gasteiger partial charge on any atom is 0.297 e. The number of anilines is 1. The van der Waals surface area contributed by atoms with E-state index in [1.54, 1.807) is 16.0 Å². The molecule has 1 aliphatic rings. The second-order valence-electron chi connectivity index (χ2n) is 6.92. The van der Waals surface area contributed by atoms with Crippen LogP contribution in [0.15, 0.2) is 60.7 Å². The Labute approximate surface area is 172 Å². The molecule has 0 unspecified atom stereocenters. The Balaban J connectivity index is 1.49. The number of carbonyl (C=O) groups excluding carboxylic acids is 1. The van der Waals surface area contributed by atoms with E-state index in [1.807, 2.05) is 60.7 Å². The predicted octanol–water partition coefficient (Wildman–Crippen LogP) is 4.52. The fourth-order valence-electron chi connectivity index (χ4n) is 3.49. The molecule has 1 aliphatic carbocycles. The number of nitrogens with zero attached hydrogens (tertiary/aromatic N) is 4. The number of rotatable bonds is 4. The molecule has 0 radical (unpaired) electrons. The summed E-state index contributed by atoms with van der Waals surface area (Å²) in [6.45, 7) is 0. The summed E-state index contributed by atoms with van der Waals surface area (Å²) in [4.78, 5) is 23.3. The van der Waals surface area contributed by atoms with E-state index < -0.39 is 0 Å². The number of benzene rings is 2. The topological polar surface area (TPSA) is 72.7 Å². The van der Waals surface area contributed by atoms with Crippen LogP contribution in [0, 0.1) is 0 Å². The Hall–Kier alpha value is -3.32. The Kier molecular flexibility index (Phi) is 4.65. The molecule has 29 heavy (non-hydrogen) atoms. The van der Waals surface area contributed by atoms with Gasteiger partial charge in [-0.3, -0.25) is 10.1 Å². The molecule has 6 nitrogen and oxygen atoms in total. The first kappa shape index (κ1) is 17.8. The van der Waals surface area contributed by atoms with Gasteiger partial charge in [0.05, 0.1) is 11.4 Å². The maximum absolute atomic E-state index is 12.9. The number of amides is 1. The summed E-state index contributed by atoms with van der Waals surface area (Å²) in [6.07, 6.45) is 4.38. The van der Waals surface area contributed by atoms with Gasteiger partial charge in [-0.2, -0.15) is 0 Å². The van der Waals surface area contributed by atoms with Crippen LogP contribution in [0.2, 0.25) is 0 Å². The van der Waals surface area contributed by atoms with Crippen LogP contribution in [-0.4, -0.2) is 25.7 Å². The number of para-hydroxylation sites is 1. The molecule has 0 spiro atoms. The van der Waals surface area contributed by atoms with Gasteiger partial charge < -0.3 is 0 Å². The van der Waals surface area contributed by atoms with Crippen LogP contribution >= 0.6 is 11.3 Å². The molecule has 2 heterocycles. The van der Waals surface area contributed by atoms with Crippen LogP contribution in [-0.2, 0) is 12.8 Å². The number of carbonyl (C=O) groups is 1. The van der Waals surface area contributed by atoms with Crippen molar-refractivity contribution < 1.29 is 4.79 Å². The number of hydrogen-bond acceptors (Lipinski definition) is 5. The Bertz CT molecular complexity index is 1070. The Morgan fingerprint density at radius 1 is 0.931 bits per heavy atom. The highest BCUT2D eigenvalue weighted by molar-refractivity contribution is 7.15. The first-order valence-corrected chi connectivity index (χ1v) is 10.5. The fraction of sp³-hybridized carbons (Fsp3) is 0.182. The monoisotopic (exact) mass is 401 g/mol. The van der Waals surface area contributed by atoms with Gasteiger partial charge in [-0.15, -0.1) is 16.4 Å². The molecule has 2 aromatic heterocycles. The van der Waals surface area contributed by atoms with Crippen molar-refractivity contribution in [3.05, 3.63) is 77.1 Å². The number of thiazole rings is 1. The Morgan fingerprint density at radius 3 is 2.41 bits per heavy atom. The van der Waals surface area contributed by atoms with Crippen molar-refractivity contribution in [2.45, 2.75) is 25.7 Å². The van der Waals surface area contributed by atoms with E-state index in [2.05, 4.69) is 20.4 Å². The highest BCUT2D eigenvalue weighted by Crippen LogP contribution is 2.30. The molecule has 5 rings (SSSR count). The van der Waals surface area contributed by atoms with Gasteiger partial charge in [0.1, 0.15) is 0 Å². The smallest absolute Gasteiger partial charge is 0.295 e. The highest BCUT2D eigenvalue weighted by atomic mass is 32.1. The van der Waals surface area contributed by atoms with Crippen molar-refractivity contribution in [1.29, 1.82) is 0 Å². The van der Waals surface area contributed by atoms with E-state index in [9.17, 15) is 4.79 Å². The van der Waals surface area contributed by atoms with Gasteiger partial charge in [-0.05, 0) is 37.8 Å². The largest absolute Gasteiger partial charge is 0.297 e. The van der Waals surface area contributed by atoms with E-state index in [4.69, 9.17) is 0 Å². The number of nitrogens with one attached hydrogen (secondary N) is 1. The molecule has 0 bridgehead atoms. The second kappa shape index (κ2) is 7.60. The van der Waals surface area contributed by atoms with Crippen molar-refractivity contribution in [3.8, 4) is 17.1 Å². The summed E-state index contributed by atoms with van der Waals surface area (Å²) < 4.78 is 1.71. The first-order valence-electron chi connectivity index (χ1n) is 9.66. The number of hydrogen-bond donors (Lipinski definition) is 1. The first-order chi connectivity index (χ1) is 14.3. The van der Waals surface area contributed by atoms with E-state index in [-0.39, 0.29) is 11.7 Å². The van der Waals surface area contributed by atoms with Gasteiger partial charge in [-0.1, -0.05) is 48.5 Å². The van der Waals surface area contributed by atoms with E-state index >= 15 is 0 Å². The molecule has 1 N–H and O–H groups in total. The third kappa shape index (κ3) is 3.56. The van der Waals surface area contributed by atoms with Crippen molar-refractivity contribution in [2.24, 2.45) is 0 Å². The van der Waals surface area contributed by atoms with Crippen LogP contribution in [0.5, 0.6) is 0 Å². The van der Waals surface area contributed by atoms with Crippen LogP contribution in [0.4, 0.5) is 5.13 Å². The van der Waals surface area contributed by atoms with Gasteiger partial charge in [0.15, 0.2) is 11.0 Å². The molecule has 0 saturated carbocycles. The van der Waals surface area contributed by atoms with Gasteiger partial charge in [0, 0.05) is 10.4 Å². The quantitative estimate of drug-likeness (QED) is 0.546. The zero-order valence-electron chi connectivity index (χ0n) is 15.7. The molecule has 0 aliphatic heterocycles. The summed E-state index contributed by atoms with van der Waals surface area (Å²) in [5.74, 6) is 0.407. The van der Waals surface area contributed by atoms with Crippen LogP contribution in [0.25, 0.3) is 17.1 Å². The zero-order valence-corrected chi connectivity index (χ0v) is 16.5. The highest BCUT2D eigenvalue weighted by Gasteiger charge is 2.21. The van der Waals surface area contributed by atoms with E-state index in [0.717, 1.165) is 36.2 Å². The van der Waals surface area contributed by atoms with Crippen LogP contribution in [0.3, 0.4) is 0 Å². The number of aryl methyl sites for hydroxylation is 2. The second-order valence-corrected chi connectivity index (χ2v) is 8.01. The molecule has 0 fully saturated rings. The summed E-state index contributed by atoms with van der Waals surface area (Å²) in [5.41, 5.74) is 2.86. The molecule has 4 aromatic rings. The zero-order chi connectivity index (χ0) is 19.6. The van der Waals surface area contributed by atoms with Crippen LogP contribution < -0.4 is 5.32 Å². The summed E-state index contributed by atoms with van der Waals surface area (Å²) in [6, 6.07) is 19.5. The lowest BCUT2D eigenvalue weighted by molar-refractivity contribution is 0.101. The van der Waals surface area contributed by atoms with E-state index in [0.29, 0.717) is 11.0 Å². The lowest BCUT2D eigenvalue weighted by Gasteiger charge is -2.06. The average molecular weight is 401 g/mol. The standard InChI is InChI=1S/C22H19N5OS/c28-21(25-22-23-17-13-7-8-14-18(17)29-22)19-24-20(15-9-3-1-4-10-15)27(26-19)16-11-5-2-6-12-16/h1-6,9-12H,7-8,13-14H2,(H,23,25,28).